The fraction of sp³-hybridized carbons (Fsp3) is 0.474. The zero-order valence-electron chi connectivity index (χ0n) is 16.4. The molecule has 8 nitrogen and oxygen atoms in total. The van der Waals surface area contributed by atoms with E-state index < -0.39 is 0 Å². The van der Waals surface area contributed by atoms with Crippen LogP contribution in [0.25, 0.3) is 5.69 Å². The molecule has 1 aliphatic rings. The molecule has 2 aromatic heterocycles. The van der Waals surface area contributed by atoms with E-state index >= 15 is 0 Å². The van der Waals surface area contributed by atoms with Gasteiger partial charge in [0.1, 0.15) is 5.82 Å². The molecule has 1 aliphatic heterocycles. The summed E-state index contributed by atoms with van der Waals surface area (Å²) in [5, 5.41) is 13.4. The van der Waals surface area contributed by atoms with E-state index in [2.05, 4.69) is 39.1 Å². The molecule has 0 spiro atoms. The molecule has 3 heterocycles. The second-order valence-corrected chi connectivity index (χ2v) is 8.13. The van der Waals surface area contributed by atoms with E-state index in [9.17, 15) is 4.39 Å². The number of morpholine rings is 1. The topological polar surface area (TPSA) is 82.1 Å². The van der Waals surface area contributed by atoms with Crippen LogP contribution in [-0.4, -0.2) is 51.2 Å². The van der Waals surface area contributed by atoms with Crippen molar-refractivity contribution in [3.8, 4) is 5.69 Å². The Kier molecular flexibility index (Phi) is 6.10. The van der Waals surface area contributed by atoms with Crippen molar-refractivity contribution >= 4 is 17.7 Å². The van der Waals surface area contributed by atoms with E-state index in [1.807, 2.05) is 10.6 Å². The van der Waals surface area contributed by atoms with Crippen molar-refractivity contribution in [2.24, 2.45) is 5.92 Å². The van der Waals surface area contributed by atoms with E-state index in [1.165, 1.54) is 23.9 Å². The van der Waals surface area contributed by atoms with Gasteiger partial charge in [0.15, 0.2) is 11.0 Å². The second kappa shape index (κ2) is 8.91. The van der Waals surface area contributed by atoms with Gasteiger partial charge in [-0.1, -0.05) is 36.8 Å². The predicted octanol–water partition coefficient (Wildman–Crippen LogP) is 3.12. The van der Waals surface area contributed by atoms with Gasteiger partial charge in [-0.05, 0) is 24.1 Å². The smallest absolute Gasteiger partial charge is 0.237 e. The Labute approximate surface area is 172 Å². The van der Waals surface area contributed by atoms with E-state index in [-0.39, 0.29) is 5.82 Å². The summed E-state index contributed by atoms with van der Waals surface area (Å²) in [4.78, 5) is 6.53. The van der Waals surface area contributed by atoms with Gasteiger partial charge in [-0.25, -0.2) is 4.39 Å². The molecule has 0 unspecified atom stereocenters. The van der Waals surface area contributed by atoms with Gasteiger partial charge in [0.05, 0.1) is 24.7 Å². The van der Waals surface area contributed by atoms with Crippen molar-refractivity contribution in [3.63, 3.8) is 0 Å². The summed E-state index contributed by atoms with van der Waals surface area (Å²) in [5.74, 6) is 2.52. The van der Waals surface area contributed by atoms with Gasteiger partial charge in [0.25, 0.3) is 0 Å². The van der Waals surface area contributed by atoms with Crippen LogP contribution >= 0.6 is 11.8 Å². The summed E-state index contributed by atoms with van der Waals surface area (Å²) < 4.78 is 26.5. The Bertz CT molecular complexity index is 954. The number of hydrogen-bond donors (Lipinski definition) is 0. The molecule has 10 heteroatoms. The van der Waals surface area contributed by atoms with Gasteiger partial charge in [0.2, 0.25) is 11.8 Å². The van der Waals surface area contributed by atoms with Gasteiger partial charge in [0, 0.05) is 19.5 Å². The molecule has 1 fully saturated rings. The van der Waals surface area contributed by atoms with E-state index in [0.717, 1.165) is 6.42 Å². The minimum Gasteiger partial charge on any atom is -0.378 e. The minimum absolute atomic E-state index is 0.310. The largest absolute Gasteiger partial charge is 0.378 e. The first-order valence-corrected chi connectivity index (χ1v) is 10.6. The number of nitrogens with zero attached hydrogens (tertiary/aromatic N) is 6. The van der Waals surface area contributed by atoms with Crippen LogP contribution in [0.1, 0.15) is 25.6 Å². The van der Waals surface area contributed by atoms with E-state index in [1.54, 1.807) is 6.07 Å². The number of thioether (sulfide) groups is 1. The molecule has 0 atom stereocenters. The molecule has 0 saturated carbocycles. The molecule has 1 saturated heterocycles. The maximum Gasteiger partial charge on any atom is 0.237 e. The number of aromatic nitrogens is 5. The highest BCUT2D eigenvalue weighted by Gasteiger charge is 2.22. The molecule has 0 bridgehead atoms. The number of rotatable bonds is 7. The lowest BCUT2D eigenvalue weighted by molar-refractivity contribution is 0.122. The highest BCUT2D eigenvalue weighted by atomic mass is 32.2. The van der Waals surface area contributed by atoms with Gasteiger partial charge < -0.3 is 14.2 Å². The Morgan fingerprint density at radius 2 is 2.03 bits per heavy atom. The first kappa shape index (κ1) is 19.8. The maximum atomic E-state index is 13.9. The summed E-state index contributed by atoms with van der Waals surface area (Å²) >= 11 is 1.43. The molecular formula is C19H23FN6O2S. The third kappa shape index (κ3) is 4.76. The SMILES string of the molecule is CC(C)Cc1noc(CSc2nnc(N3CCOCC3)n2-c2cccc(F)c2)n1. The third-order valence-corrected chi connectivity index (χ3v) is 5.32. The average Bonchev–Trinajstić information content (AvgIpc) is 3.33. The van der Waals surface area contributed by atoms with Crippen LogP contribution in [0.2, 0.25) is 0 Å². The fourth-order valence-electron chi connectivity index (χ4n) is 3.09. The van der Waals surface area contributed by atoms with E-state index in [0.29, 0.717) is 66.5 Å². The lowest BCUT2D eigenvalue weighted by atomic mass is 10.1. The Balaban J connectivity index is 1.59. The number of benzene rings is 1. The maximum absolute atomic E-state index is 13.9. The van der Waals surface area contributed by atoms with Crippen molar-refractivity contribution in [2.75, 3.05) is 31.2 Å². The van der Waals surface area contributed by atoms with Gasteiger partial charge in [-0.3, -0.25) is 4.57 Å². The zero-order chi connectivity index (χ0) is 20.2. The predicted molar refractivity (Wildman–Crippen MR) is 107 cm³/mol. The molecule has 154 valence electrons. The van der Waals surface area contributed by atoms with Crippen LogP contribution in [0.3, 0.4) is 0 Å². The molecule has 0 aliphatic carbocycles. The minimum atomic E-state index is -0.310. The summed E-state index contributed by atoms with van der Waals surface area (Å²) in [6.45, 7) is 6.89. The first-order chi connectivity index (χ1) is 14.1. The molecule has 3 aromatic rings. The van der Waals surface area contributed by atoms with Gasteiger partial charge >= 0.3 is 0 Å². The van der Waals surface area contributed by atoms with Crippen LogP contribution in [-0.2, 0) is 16.9 Å². The summed E-state index contributed by atoms with van der Waals surface area (Å²) in [6, 6.07) is 6.42. The Hall–Kier alpha value is -2.46. The molecule has 0 N–H and O–H groups in total. The lowest BCUT2D eigenvalue weighted by Gasteiger charge is -2.27. The Morgan fingerprint density at radius 1 is 1.21 bits per heavy atom. The monoisotopic (exact) mass is 418 g/mol. The highest BCUT2D eigenvalue weighted by molar-refractivity contribution is 7.98. The second-order valence-electron chi connectivity index (χ2n) is 7.19. The molecule has 1 aromatic carbocycles. The van der Waals surface area contributed by atoms with Crippen LogP contribution in [0.15, 0.2) is 33.9 Å². The van der Waals surface area contributed by atoms with Crippen molar-refractivity contribution < 1.29 is 13.7 Å². The normalized spacial score (nSPS) is 14.7. The average molecular weight is 418 g/mol. The Morgan fingerprint density at radius 3 is 2.79 bits per heavy atom. The highest BCUT2D eigenvalue weighted by Crippen LogP contribution is 2.29. The molecule has 29 heavy (non-hydrogen) atoms. The number of hydrogen-bond acceptors (Lipinski definition) is 8. The summed E-state index contributed by atoms with van der Waals surface area (Å²) in [5.41, 5.74) is 0.671. The van der Waals surface area contributed by atoms with Crippen molar-refractivity contribution in [2.45, 2.75) is 31.2 Å². The first-order valence-electron chi connectivity index (χ1n) is 9.58. The van der Waals surface area contributed by atoms with Crippen LogP contribution in [0, 0.1) is 11.7 Å². The van der Waals surface area contributed by atoms with Crippen molar-refractivity contribution in [3.05, 3.63) is 41.8 Å². The van der Waals surface area contributed by atoms with E-state index in [4.69, 9.17) is 9.26 Å². The lowest BCUT2D eigenvalue weighted by Crippen LogP contribution is -2.37. The molecule has 0 radical (unpaired) electrons. The zero-order valence-corrected chi connectivity index (χ0v) is 17.2. The summed E-state index contributed by atoms with van der Waals surface area (Å²) in [6.07, 6.45) is 0.773. The van der Waals surface area contributed by atoms with Crippen LogP contribution < -0.4 is 4.90 Å². The number of ether oxygens (including phenoxy) is 1. The fourth-order valence-corrected chi connectivity index (χ4v) is 3.87. The third-order valence-electron chi connectivity index (χ3n) is 4.40. The number of anilines is 1. The molecule has 0 amide bonds. The summed E-state index contributed by atoms with van der Waals surface area (Å²) in [7, 11) is 0. The van der Waals surface area contributed by atoms with Crippen molar-refractivity contribution in [1.82, 2.24) is 24.9 Å². The van der Waals surface area contributed by atoms with Gasteiger partial charge in [-0.2, -0.15) is 4.98 Å². The quantitative estimate of drug-likeness (QED) is 0.542. The number of halogens is 1. The molecule has 4 rings (SSSR count). The molecular weight excluding hydrogens is 395 g/mol. The van der Waals surface area contributed by atoms with Gasteiger partial charge in [-0.15, -0.1) is 10.2 Å². The van der Waals surface area contributed by atoms with Crippen LogP contribution in [0.4, 0.5) is 10.3 Å². The standard InChI is InChI=1S/C19H23FN6O2S/c1-13(2)10-16-21-17(28-24-16)12-29-19-23-22-18(25-6-8-27-9-7-25)26(19)15-5-3-4-14(20)11-15/h3-5,11,13H,6-10,12H2,1-2H3. The van der Waals surface area contributed by atoms with Crippen molar-refractivity contribution in [1.29, 1.82) is 0 Å². The van der Waals surface area contributed by atoms with Crippen LogP contribution in [0.5, 0.6) is 0 Å².